The summed E-state index contributed by atoms with van der Waals surface area (Å²) < 4.78 is 5.47. The molecule has 0 fully saturated rings. The Morgan fingerprint density at radius 3 is 2.67 bits per heavy atom. The van der Waals surface area contributed by atoms with E-state index in [1.807, 2.05) is 0 Å². The van der Waals surface area contributed by atoms with Crippen molar-refractivity contribution in [1.82, 2.24) is 10.2 Å². The SMILES string of the molecule is COc1n[nH]c(N)c1Br. The molecule has 0 amide bonds. The number of halogens is 1. The molecular weight excluding hydrogens is 186 g/mol. The van der Waals surface area contributed by atoms with E-state index in [-0.39, 0.29) is 0 Å². The van der Waals surface area contributed by atoms with Gasteiger partial charge in [-0.05, 0) is 15.9 Å². The third-order valence-electron chi connectivity index (χ3n) is 0.895. The van der Waals surface area contributed by atoms with Gasteiger partial charge in [-0.1, -0.05) is 0 Å². The Morgan fingerprint density at radius 2 is 2.44 bits per heavy atom. The van der Waals surface area contributed by atoms with Crippen molar-refractivity contribution in [2.45, 2.75) is 0 Å². The first-order chi connectivity index (χ1) is 4.25. The van der Waals surface area contributed by atoms with Crippen LogP contribution in [0.3, 0.4) is 0 Å². The molecule has 0 saturated heterocycles. The number of aromatic nitrogens is 2. The third kappa shape index (κ3) is 0.999. The summed E-state index contributed by atoms with van der Waals surface area (Å²) in [6.45, 7) is 0. The predicted molar refractivity (Wildman–Crippen MR) is 37.3 cm³/mol. The molecule has 0 bridgehead atoms. The van der Waals surface area contributed by atoms with Gasteiger partial charge in [-0.3, -0.25) is 5.10 Å². The smallest absolute Gasteiger partial charge is 0.249 e. The molecular formula is C4H6BrN3O. The zero-order valence-corrected chi connectivity index (χ0v) is 6.40. The fraction of sp³-hybridized carbons (Fsp3) is 0.250. The summed E-state index contributed by atoms with van der Waals surface area (Å²) in [4.78, 5) is 0. The predicted octanol–water partition coefficient (Wildman–Crippen LogP) is 0.763. The monoisotopic (exact) mass is 191 g/mol. The van der Waals surface area contributed by atoms with Crippen molar-refractivity contribution in [3.63, 3.8) is 0 Å². The molecule has 1 aromatic rings. The van der Waals surface area contributed by atoms with Gasteiger partial charge in [-0.2, -0.15) is 0 Å². The molecule has 9 heavy (non-hydrogen) atoms. The van der Waals surface area contributed by atoms with Crippen molar-refractivity contribution < 1.29 is 4.74 Å². The van der Waals surface area contributed by atoms with E-state index in [4.69, 9.17) is 10.5 Å². The molecule has 1 rings (SSSR count). The van der Waals surface area contributed by atoms with Crippen LogP contribution in [0.15, 0.2) is 4.47 Å². The number of nitrogens with zero attached hydrogens (tertiary/aromatic N) is 1. The van der Waals surface area contributed by atoms with Crippen molar-refractivity contribution in [1.29, 1.82) is 0 Å². The van der Waals surface area contributed by atoms with Gasteiger partial charge in [0.25, 0.3) is 0 Å². The Kier molecular flexibility index (Phi) is 1.61. The summed E-state index contributed by atoms with van der Waals surface area (Å²) >= 11 is 3.17. The van der Waals surface area contributed by atoms with E-state index in [0.29, 0.717) is 16.2 Å². The second-order valence-electron chi connectivity index (χ2n) is 1.46. The number of nitrogen functional groups attached to an aromatic ring is 1. The van der Waals surface area contributed by atoms with Gasteiger partial charge in [0.15, 0.2) is 0 Å². The molecule has 0 aromatic carbocycles. The maximum absolute atomic E-state index is 5.37. The molecule has 0 saturated carbocycles. The molecule has 1 heterocycles. The number of H-pyrrole nitrogens is 1. The maximum Gasteiger partial charge on any atom is 0.249 e. The van der Waals surface area contributed by atoms with E-state index in [1.54, 1.807) is 0 Å². The Morgan fingerprint density at radius 1 is 1.78 bits per heavy atom. The quantitative estimate of drug-likeness (QED) is 0.690. The Balaban J connectivity index is 3.04. The Bertz CT molecular complexity index is 210. The summed E-state index contributed by atoms with van der Waals surface area (Å²) in [5.41, 5.74) is 5.37. The topological polar surface area (TPSA) is 63.9 Å². The van der Waals surface area contributed by atoms with E-state index in [9.17, 15) is 0 Å². The van der Waals surface area contributed by atoms with Crippen molar-refractivity contribution in [3.8, 4) is 5.88 Å². The summed E-state index contributed by atoms with van der Waals surface area (Å²) in [6.07, 6.45) is 0. The molecule has 0 aliphatic carbocycles. The second-order valence-corrected chi connectivity index (χ2v) is 2.25. The molecule has 0 spiro atoms. The zero-order chi connectivity index (χ0) is 6.85. The Hall–Kier alpha value is -0.710. The average Bonchev–Trinajstić information content (AvgIpc) is 2.15. The lowest BCUT2D eigenvalue weighted by molar-refractivity contribution is 0.394. The zero-order valence-electron chi connectivity index (χ0n) is 4.81. The minimum Gasteiger partial charge on any atom is -0.479 e. The fourth-order valence-corrected chi connectivity index (χ4v) is 0.799. The van der Waals surface area contributed by atoms with Crippen molar-refractivity contribution in [2.24, 2.45) is 0 Å². The lowest BCUT2D eigenvalue weighted by Gasteiger charge is -1.90. The highest BCUT2D eigenvalue weighted by molar-refractivity contribution is 9.10. The highest BCUT2D eigenvalue weighted by Crippen LogP contribution is 2.26. The van der Waals surface area contributed by atoms with Crippen LogP contribution in [0.1, 0.15) is 0 Å². The van der Waals surface area contributed by atoms with E-state index in [0.717, 1.165) is 0 Å². The van der Waals surface area contributed by atoms with Gasteiger partial charge in [0.1, 0.15) is 10.3 Å². The molecule has 1 aromatic heterocycles. The van der Waals surface area contributed by atoms with E-state index in [2.05, 4.69) is 26.1 Å². The standard InChI is InChI=1S/C4H6BrN3O/c1-9-4-2(5)3(6)7-8-4/h1H3,(H3,6,7,8). The number of methoxy groups -OCH3 is 1. The minimum atomic E-state index is 0.479. The number of rotatable bonds is 1. The number of aromatic amines is 1. The van der Waals surface area contributed by atoms with Crippen molar-refractivity contribution >= 4 is 21.7 Å². The molecule has 3 N–H and O–H groups in total. The summed E-state index contributed by atoms with van der Waals surface area (Å²) in [7, 11) is 1.53. The minimum absolute atomic E-state index is 0.479. The first-order valence-electron chi connectivity index (χ1n) is 2.29. The van der Waals surface area contributed by atoms with Crippen LogP contribution >= 0.6 is 15.9 Å². The first-order valence-corrected chi connectivity index (χ1v) is 3.08. The molecule has 0 aliphatic heterocycles. The van der Waals surface area contributed by atoms with Crippen molar-refractivity contribution in [2.75, 3.05) is 12.8 Å². The van der Waals surface area contributed by atoms with Gasteiger partial charge in [-0.15, -0.1) is 5.10 Å². The summed E-state index contributed by atoms with van der Waals surface area (Å²) in [5, 5.41) is 6.26. The molecule has 0 aliphatic rings. The molecule has 0 atom stereocenters. The third-order valence-corrected chi connectivity index (χ3v) is 1.66. The number of hydrogen-bond acceptors (Lipinski definition) is 3. The lowest BCUT2D eigenvalue weighted by Crippen LogP contribution is -1.84. The Labute approximate surface area is 60.5 Å². The second kappa shape index (κ2) is 2.26. The van der Waals surface area contributed by atoms with Gasteiger partial charge in [0.2, 0.25) is 5.88 Å². The van der Waals surface area contributed by atoms with Gasteiger partial charge in [-0.25, -0.2) is 0 Å². The van der Waals surface area contributed by atoms with Crippen LogP contribution in [0.2, 0.25) is 0 Å². The first kappa shape index (κ1) is 6.41. The number of nitrogens with one attached hydrogen (secondary N) is 1. The number of nitrogens with two attached hydrogens (primary N) is 1. The van der Waals surface area contributed by atoms with E-state index < -0.39 is 0 Å². The molecule has 4 nitrogen and oxygen atoms in total. The van der Waals surface area contributed by atoms with Crippen LogP contribution in [-0.2, 0) is 0 Å². The fourth-order valence-electron chi connectivity index (χ4n) is 0.460. The summed E-state index contributed by atoms with van der Waals surface area (Å²) in [5.74, 6) is 0.958. The number of anilines is 1. The highest BCUT2D eigenvalue weighted by atomic mass is 79.9. The van der Waals surface area contributed by atoms with Gasteiger partial charge in [0.05, 0.1) is 7.11 Å². The molecule has 0 unspecified atom stereocenters. The molecule has 50 valence electrons. The molecule has 5 heteroatoms. The number of hydrogen-bond donors (Lipinski definition) is 2. The largest absolute Gasteiger partial charge is 0.479 e. The van der Waals surface area contributed by atoms with Crippen molar-refractivity contribution in [3.05, 3.63) is 4.47 Å². The van der Waals surface area contributed by atoms with Crippen LogP contribution in [0.5, 0.6) is 5.88 Å². The normalized spacial score (nSPS) is 9.56. The lowest BCUT2D eigenvalue weighted by atomic mass is 10.6. The van der Waals surface area contributed by atoms with Gasteiger partial charge in [0, 0.05) is 0 Å². The van der Waals surface area contributed by atoms with Gasteiger partial charge >= 0.3 is 0 Å². The average molecular weight is 192 g/mol. The van der Waals surface area contributed by atoms with Crippen LogP contribution in [-0.4, -0.2) is 17.3 Å². The van der Waals surface area contributed by atoms with E-state index >= 15 is 0 Å². The molecule has 0 radical (unpaired) electrons. The van der Waals surface area contributed by atoms with E-state index in [1.165, 1.54) is 7.11 Å². The highest BCUT2D eigenvalue weighted by Gasteiger charge is 2.05. The van der Waals surface area contributed by atoms with Gasteiger partial charge < -0.3 is 10.5 Å². The van der Waals surface area contributed by atoms with Crippen LogP contribution < -0.4 is 10.5 Å². The number of ether oxygens (including phenoxy) is 1. The maximum atomic E-state index is 5.37. The van der Waals surface area contributed by atoms with Crippen LogP contribution in [0.25, 0.3) is 0 Å². The van der Waals surface area contributed by atoms with Crippen LogP contribution in [0.4, 0.5) is 5.82 Å². The van der Waals surface area contributed by atoms with Crippen LogP contribution in [0, 0.1) is 0 Å². The summed E-state index contributed by atoms with van der Waals surface area (Å²) in [6, 6.07) is 0.